The number of carbonyl (C=O) groups excluding carboxylic acids is 1. The first-order valence-corrected chi connectivity index (χ1v) is 7.30. The molecule has 0 aliphatic heterocycles. The number of nitro groups is 1. The molecule has 7 heteroatoms. The van der Waals surface area contributed by atoms with Crippen LogP contribution in [0, 0.1) is 10.1 Å². The summed E-state index contributed by atoms with van der Waals surface area (Å²) in [6.07, 6.45) is 0.575. The first-order valence-electron chi connectivity index (χ1n) is 6.92. The number of hydrogen-bond donors (Lipinski definition) is 2. The molecule has 6 nitrogen and oxygen atoms in total. The number of rotatable bonds is 6. The zero-order valence-electron chi connectivity index (χ0n) is 12.2. The Morgan fingerprint density at radius 1 is 1.17 bits per heavy atom. The fraction of sp³-hybridized carbons (Fsp3) is 0.188. The van der Waals surface area contributed by atoms with E-state index in [1.807, 2.05) is 12.1 Å². The summed E-state index contributed by atoms with van der Waals surface area (Å²) < 4.78 is 0. The molecule has 120 valence electrons. The lowest BCUT2D eigenvalue weighted by Gasteiger charge is -2.07. The van der Waals surface area contributed by atoms with E-state index in [9.17, 15) is 14.9 Å². The lowest BCUT2D eigenvalue weighted by atomic mass is 10.1. The van der Waals surface area contributed by atoms with Crippen molar-refractivity contribution in [2.45, 2.75) is 13.0 Å². The standard InChI is InChI=1S/C16H15ClN2O4/c17-13-5-6-15(19(22)23)14(9-13)16(21)18-8-7-11-1-3-12(10-20)4-2-11/h1-6,9,20H,7-8,10H2,(H,18,21). The molecule has 2 N–H and O–H groups in total. The van der Waals surface area contributed by atoms with Gasteiger partial charge in [0.15, 0.2) is 0 Å². The Morgan fingerprint density at radius 2 is 1.83 bits per heavy atom. The highest BCUT2D eigenvalue weighted by Gasteiger charge is 2.20. The fourth-order valence-corrected chi connectivity index (χ4v) is 2.25. The van der Waals surface area contributed by atoms with Crippen molar-refractivity contribution in [3.63, 3.8) is 0 Å². The molecule has 0 aliphatic rings. The molecule has 23 heavy (non-hydrogen) atoms. The molecule has 0 radical (unpaired) electrons. The minimum absolute atomic E-state index is 0.0184. The Hall–Kier alpha value is -2.44. The van der Waals surface area contributed by atoms with Gasteiger partial charge in [-0.15, -0.1) is 0 Å². The summed E-state index contributed by atoms with van der Waals surface area (Å²) in [5.41, 5.74) is 1.47. The molecule has 2 rings (SSSR count). The molecule has 2 aromatic rings. The van der Waals surface area contributed by atoms with Gasteiger partial charge < -0.3 is 10.4 Å². The predicted octanol–water partition coefficient (Wildman–Crippen LogP) is 2.71. The molecule has 0 spiro atoms. The first-order chi connectivity index (χ1) is 11.0. The molecule has 0 unspecified atom stereocenters. The zero-order valence-corrected chi connectivity index (χ0v) is 12.9. The molecule has 0 aliphatic carbocycles. The third kappa shape index (κ3) is 4.51. The summed E-state index contributed by atoms with van der Waals surface area (Å²) >= 11 is 5.80. The SMILES string of the molecule is O=C(NCCc1ccc(CO)cc1)c1cc(Cl)ccc1[N+](=O)[O-]. The highest BCUT2D eigenvalue weighted by molar-refractivity contribution is 6.31. The molecular weight excluding hydrogens is 320 g/mol. The minimum atomic E-state index is -0.612. The number of amides is 1. The van der Waals surface area contributed by atoms with Gasteiger partial charge in [-0.2, -0.15) is 0 Å². The van der Waals surface area contributed by atoms with E-state index >= 15 is 0 Å². The highest BCUT2D eigenvalue weighted by atomic mass is 35.5. The van der Waals surface area contributed by atoms with Crippen molar-refractivity contribution in [1.82, 2.24) is 5.32 Å². The number of carbonyl (C=O) groups is 1. The van der Waals surface area contributed by atoms with E-state index in [4.69, 9.17) is 16.7 Å². The van der Waals surface area contributed by atoms with Gasteiger partial charge in [-0.25, -0.2) is 0 Å². The Kier molecular flexibility index (Phi) is 5.67. The third-order valence-electron chi connectivity index (χ3n) is 3.30. The largest absolute Gasteiger partial charge is 0.392 e. The second-order valence-electron chi connectivity index (χ2n) is 4.90. The minimum Gasteiger partial charge on any atom is -0.392 e. The molecule has 0 saturated carbocycles. The summed E-state index contributed by atoms with van der Waals surface area (Å²) in [4.78, 5) is 22.4. The van der Waals surface area contributed by atoms with Gasteiger partial charge in [0.1, 0.15) is 5.56 Å². The van der Waals surface area contributed by atoms with Crippen molar-refractivity contribution in [1.29, 1.82) is 0 Å². The van der Waals surface area contributed by atoms with Crippen LogP contribution in [-0.2, 0) is 13.0 Å². The van der Waals surface area contributed by atoms with Gasteiger partial charge in [-0.3, -0.25) is 14.9 Å². The van der Waals surface area contributed by atoms with Gasteiger partial charge >= 0.3 is 0 Å². The van der Waals surface area contributed by atoms with Crippen LogP contribution >= 0.6 is 11.6 Å². The number of aliphatic hydroxyl groups excluding tert-OH is 1. The second-order valence-corrected chi connectivity index (χ2v) is 5.34. The number of benzene rings is 2. The Morgan fingerprint density at radius 3 is 2.43 bits per heavy atom. The van der Waals surface area contributed by atoms with E-state index in [1.54, 1.807) is 12.1 Å². The van der Waals surface area contributed by atoms with Crippen molar-refractivity contribution in [2.24, 2.45) is 0 Å². The third-order valence-corrected chi connectivity index (χ3v) is 3.54. The lowest BCUT2D eigenvalue weighted by molar-refractivity contribution is -0.385. The zero-order chi connectivity index (χ0) is 16.8. The van der Waals surface area contributed by atoms with Crippen molar-refractivity contribution in [3.05, 3.63) is 74.3 Å². The highest BCUT2D eigenvalue weighted by Crippen LogP contribution is 2.22. The van der Waals surface area contributed by atoms with Crippen LogP contribution < -0.4 is 5.32 Å². The number of aliphatic hydroxyl groups is 1. The maximum absolute atomic E-state index is 12.1. The summed E-state index contributed by atoms with van der Waals surface area (Å²) in [6.45, 7) is 0.316. The van der Waals surface area contributed by atoms with E-state index < -0.39 is 10.8 Å². The van der Waals surface area contributed by atoms with Crippen LogP contribution in [-0.4, -0.2) is 22.5 Å². The van der Waals surface area contributed by atoms with Gasteiger partial charge in [0.2, 0.25) is 0 Å². The van der Waals surface area contributed by atoms with Crippen molar-refractivity contribution < 1.29 is 14.8 Å². The van der Waals surface area contributed by atoms with Crippen LogP contribution in [0.15, 0.2) is 42.5 Å². The number of nitro benzene ring substituents is 1. The summed E-state index contributed by atoms with van der Waals surface area (Å²) in [7, 11) is 0. The van der Waals surface area contributed by atoms with Gasteiger partial charge in [0.25, 0.3) is 11.6 Å². The average Bonchev–Trinajstić information content (AvgIpc) is 2.55. The van der Waals surface area contributed by atoms with E-state index in [0.29, 0.717) is 13.0 Å². The number of nitrogens with one attached hydrogen (secondary N) is 1. The van der Waals surface area contributed by atoms with Crippen LogP contribution in [0.25, 0.3) is 0 Å². The van der Waals surface area contributed by atoms with E-state index in [2.05, 4.69) is 5.32 Å². The number of hydrogen-bond acceptors (Lipinski definition) is 4. The Labute approximate surface area is 137 Å². The van der Waals surface area contributed by atoms with Gasteiger partial charge in [-0.05, 0) is 29.7 Å². The van der Waals surface area contributed by atoms with Gasteiger partial charge in [-0.1, -0.05) is 35.9 Å². The Bertz CT molecular complexity index is 717. The summed E-state index contributed by atoms with van der Waals surface area (Å²) in [6, 6.07) is 11.2. The van der Waals surface area contributed by atoms with Crippen molar-refractivity contribution >= 4 is 23.2 Å². The van der Waals surface area contributed by atoms with Crippen molar-refractivity contribution in [3.8, 4) is 0 Å². The maximum Gasteiger partial charge on any atom is 0.282 e. The fourth-order valence-electron chi connectivity index (χ4n) is 2.08. The molecule has 0 bridgehead atoms. The van der Waals surface area contributed by atoms with Crippen LogP contribution in [0.4, 0.5) is 5.69 Å². The van der Waals surface area contributed by atoms with E-state index in [-0.39, 0.29) is 22.9 Å². The quantitative estimate of drug-likeness (QED) is 0.627. The Balaban J connectivity index is 1.99. The van der Waals surface area contributed by atoms with Gasteiger partial charge in [0, 0.05) is 17.6 Å². The van der Waals surface area contributed by atoms with Crippen LogP contribution in [0.3, 0.4) is 0 Å². The molecule has 0 fully saturated rings. The lowest BCUT2D eigenvalue weighted by Crippen LogP contribution is -2.26. The molecule has 0 heterocycles. The predicted molar refractivity (Wildman–Crippen MR) is 86.5 cm³/mol. The van der Waals surface area contributed by atoms with E-state index in [0.717, 1.165) is 11.1 Å². The topological polar surface area (TPSA) is 92.5 Å². The molecular formula is C16H15ClN2O4. The molecule has 1 amide bonds. The average molecular weight is 335 g/mol. The molecule has 0 atom stereocenters. The summed E-state index contributed by atoms with van der Waals surface area (Å²) in [5, 5.41) is 22.8. The van der Waals surface area contributed by atoms with Gasteiger partial charge in [0.05, 0.1) is 11.5 Å². The van der Waals surface area contributed by atoms with Crippen LogP contribution in [0.5, 0.6) is 0 Å². The molecule has 0 aromatic heterocycles. The monoisotopic (exact) mass is 334 g/mol. The molecule has 0 saturated heterocycles. The summed E-state index contributed by atoms with van der Waals surface area (Å²) in [5.74, 6) is -0.536. The normalized spacial score (nSPS) is 10.3. The number of halogens is 1. The molecule has 2 aromatic carbocycles. The van der Waals surface area contributed by atoms with Crippen molar-refractivity contribution in [2.75, 3.05) is 6.54 Å². The number of nitrogens with zero attached hydrogens (tertiary/aromatic N) is 1. The van der Waals surface area contributed by atoms with Crippen LogP contribution in [0.1, 0.15) is 21.5 Å². The second kappa shape index (κ2) is 7.71. The van der Waals surface area contributed by atoms with E-state index in [1.165, 1.54) is 18.2 Å². The smallest absolute Gasteiger partial charge is 0.282 e. The van der Waals surface area contributed by atoms with Crippen LogP contribution in [0.2, 0.25) is 5.02 Å². The maximum atomic E-state index is 12.1. The first kappa shape index (κ1) is 16.9.